The Bertz CT molecular complexity index is 448. The van der Waals surface area contributed by atoms with Crippen molar-refractivity contribution < 1.29 is 4.79 Å². The van der Waals surface area contributed by atoms with Crippen molar-refractivity contribution >= 4 is 11.6 Å². The molecule has 1 N–H and O–H groups in total. The van der Waals surface area contributed by atoms with Gasteiger partial charge in [-0.1, -0.05) is 18.2 Å². The number of rotatable bonds is 2. The van der Waals surface area contributed by atoms with Gasteiger partial charge in [-0.2, -0.15) is 0 Å². The molecule has 2 rings (SSSR count). The topological polar surface area (TPSA) is 32.3 Å². The molecule has 18 heavy (non-hydrogen) atoms. The zero-order valence-corrected chi connectivity index (χ0v) is 11.7. The molecule has 0 saturated carbocycles. The summed E-state index contributed by atoms with van der Waals surface area (Å²) in [6.45, 7) is 8.93. The van der Waals surface area contributed by atoms with Crippen LogP contribution >= 0.6 is 0 Å². The van der Waals surface area contributed by atoms with E-state index < -0.39 is 0 Å². The van der Waals surface area contributed by atoms with Crippen LogP contribution in [-0.4, -0.2) is 24.0 Å². The number of hydrogen-bond acceptors (Lipinski definition) is 2. The average Bonchev–Trinajstić information content (AvgIpc) is 2.69. The normalized spacial score (nSPS) is 16.3. The van der Waals surface area contributed by atoms with E-state index in [1.165, 1.54) is 11.3 Å². The number of nitrogens with zero attached hydrogens (tertiary/aromatic N) is 1. The molecular weight excluding hydrogens is 224 g/mol. The van der Waals surface area contributed by atoms with Gasteiger partial charge < -0.3 is 10.2 Å². The van der Waals surface area contributed by atoms with E-state index in [0.717, 1.165) is 13.0 Å². The fraction of sp³-hybridized carbons (Fsp3) is 0.533. The Morgan fingerprint density at radius 1 is 1.33 bits per heavy atom. The molecule has 0 saturated heterocycles. The molecule has 1 aromatic rings. The van der Waals surface area contributed by atoms with E-state index in [-0.39, 0.29) is 17.5 Å². The van der Waals surface area contributed by atoms with Crippen LogP contribution in [0.4, 0.5) is 5.69 Å². The summed E-state index contributed by atoms with van der Waals surface area (Å²) in [6.07, 6.45) is 1.03. The van der Waals surface area contributed by atoms with Crippen LogP contribution in [0.1, 0.15) is 33.3 Å². The van der Waals surface area contributed by atoms with Crippen molar-refractivity contribution in [1.82, 2.24) is 5.32 Å². The second kappa shape index (κ2) is 4.63. The van der Waals surface area contributed by atoms with Gasteiger partial charge in [0.2, 0.25) is 5.91 Å². The molecule has 0 radical (unpaired) electrons. The number of carbonyl (C=O) groups excluding carboxylic acids is 1. The molecule has 0 bridgehead atoms. The van der Waals surface area contributed by atoms with Gasteiger partial charge in [-0.3, -0.25) is 4.79 Å². The molecule has 1 atom stereocenters. The first-order chi connectivity index (χ1) is 8.38. The van der Waals surface area contributed by atoms with Crippen molar-refractivity contribution in [3.8, 4) is 0 Å². The molecule has 1 aromatic carbocycles. The summed E-state index contributed by atoms with van der Waals surface area (Å²) in [5.41, 5.74) is 2.37. The summed E-state index contributed by atoms with van der Waals surface area (Å²) in [7, 11) is 0. The van der Waals surface area contributed by atoms with Crippen LogP contribution in [-0.2, 0) is 11.2 Å². The third-order valence-corrected chi connectivity index (χ3v) is 3.27. The Balaban J connectivity index is 2.12. The Hall–Kier alpha value is -1.51. The van der Waals surface area contributed by atoms with Crippen LogP contribution in [0.2, 0.25) is 0 Å². The predicted octanol–water partition coefficient (Wildman–Crippen LogP) is 2.35. The van der Waals surface area contributed by atoms with Gasteiger partial charge in [0.05, 0.1) is 0 Å². The lowest BCUT2D eigenvalue weighted by Gasteiger charge is -2.30. The number of amides is 1. The fourth-order valence-electron chi connectivity index (χ4n) is 2.38. The molecule has 3 nitrogen and oxygen atoms in total. The van der Waals surface area contributed by atoms with Crippen molar-refractivity contribution in [3.05, 3.63) is 29.8 Å². The van der Waals surface area contributed by atoms with Gasteiger partial charge in [0.1, 0.15) is 6.04 Å². The summed E-state index contributed by atoms with van der Waals surface area (Å²) in [4.78, 5) is 14.4. The maximum absolute atomic E-state index is 12.2. The van der Waals surface area contributed by atoms with Crippen molar-refractivity contribution in [3.63, 3.8) is 0 Å². The summed E-state index contributed by atoms with van der Waals surface area (Å²) in [5.74, 6) is 0.0965. The minimum absolute atomic E-state index is 0.0965. The molecule has 98 valence electrons. The first kappa shape index (κ1) is 12.9. The largest absolute Gasteiger partial charge is 0.359 e. The first-order valence-corrected chi connectivity index (χ1v) is 6.55. The van der Waals surface area contributed by atoms with Crippen LogP contribution in [0.3, 0.4) is 0 Å². The number of hydrogen-bond donors (Lipinski definition) is 1. The lowest BCUT2D eigenvalue weighted by atomic mass is 10.1. The van der Waals surface area contributed by atoms with Gasteiger partial charge in [0.25, 0.3) is 0 Å². The van der Waals surface area contributed by atoms with Crippen molar-refractivity contribution in [2.75, 3.05) is 11.4 Å². The summed E-state index contributed by atoms with van der Waals surface area (Å²) in [5, 5.41) is 3.05. The quantitative estimate of drug-likeness (QED) is 0.868. The highest BCUT2D eigenvalue weighted by molar-refractivity contribution is 5.86. The van der Waals surface area contributed by atoms with E-state index >= 15 is 0 Å². The SMILES string of the molecule is C[C@@H](C(=O)NC(C)(C)C)N1CCc2ccccc21. The van der Waals surface area contributed by atoms with Gasteiger partial charge in [-0.05, 0) is 45.7 Å². The third-order valence-electron chi connectivity index (χ3n) is 3.27. The van der Waals surface area contributed by atoms with E-state index in [1.807, 2.05) is 33.8 Å². The number of carbonyl (C=O) groups is 1. The number of benzene rings is 1. The second-order valence-corrected chi connectivity index (χ2v) is 5.99. The third kappa shape index (κ3) is 2.66. The Kier molecular flexibility index (Phi) is 3.33. The molecule has 0 spiro atoms. The number of fused-ring (bicyclic) bond motifs is 1. The van der Waals surface area contributed by atoms with Gasteiger partial charge >= 0.3 is 0 Å². The molecular formula is C15H22N2O. The van der Waals surface area contributed by atoms with E-state index in [2.05, 4.69) is 28.4 Å². The van der Waals surface area contributed by atoms with Crippen LogP contribution in [0.25, 0.3) is 0 Å². The standard InChI is InChI=1S/C15H22N2O/c1-11(14(18)16-15(2,3)4)17-10-9-12-7-5-6-8-13(12)17/h5-8,11H,9-10H2,1-4H3,(H,16,18)/t11-/m0/s1. The fourth-order valence-corrected chi connectivity index (χ4v) is 2.38. The van der Waals surface area contributed by atoms with Gasteiger partial charge in [-0.15, -0.1) is 0 Å². The highest BCUT2D eigenvalue weighted by Gasteiger charge is 2.28. The molecule has 3 heteroatoms. The Morgan fingerprint density at radius 2 is 2.00 bits per heavy atom. The molecule has 1 aliphatic heterocycles. The monoisotopic (exact) mass is 246 g/mol. The zero-order valence-electron chi connectivity index (χ0n) is 11.7. The Labute approximate surface area is 109 Å². The highest BCUT2D eigenvalue weighted by atomic mass is 16.2. The zero-order chi connectivity index (χ0) is 13.3. The average molecular weight is 246 g/mol. The van der Waals surface area contributed by atoms with E-state index in [0.29, 0.717) is 0 Å². The lowest BCUT2D eigenvalue weighted by Crippen LogP contribution is -2.50. The van der Waals surface area contributed by atoms with Crippen LogP contribution in [0.5, 0.6) is 0 Å². The minimum atomic E-state index is -0.176. The number of nitrogens with one attached hydrogen (secondary N) is 1. The molecule has 1 amide bonds. The van der Waals surface area contributed by atoms with Crippen LogP contribution in [0.15, 0.2) is 24.3 Å². The number of anilines is 1. The van der Waals surface area contributed by atoms with E-state index in [9.17, 15) is 4.79 Å². The smallest absolute Gasteiger partial charge is 0.242 e. The molecule has 0 unspecified atom stereocenters. The van der Waals surface area contributed by atoms with E-state index in [4.69, 9.17) is 0 Å². The maximum Gasteiger partial charge on any atom is 0.242 e. The van der Waals surface area contributed by atoms with E-state index in [1.54, 1.807) is 0 Å². The van der Waals surface area contributed by atoms with Crippen molar-refractivity contribution in [2.24, 2.45) is 0 Å². The van der Waals surface area contributed by atoms with Gasteiger partial charge in [0.15, 0.2) is 0 Å². The predicted molar refractivity (Wildman–Crippen MR) is 74.8 cm³/mol. The van der Waals surface area contributed by atoms with Crippen LogP contribution in [0, 0.1) is 0 Å². The summed E-state index contributed by atoms with van der Waals surface area (Å²) in [6, 6.07) is 8.22. The summed E-state index contributed by atoms with van der Waals surface area (Å²) >= 11 is 0. The van der Waals surface area contributed by atoms with Gasteiger partial charge in [0, 0.05) is 17.8 Å². The lowest BCUT2D eigenvalue weighted by molar-refractivity contribution is -0.123. The van der Waals surface area contributed by atoms with Gasteiger partial charge in [-0.25, -0.2) is 0 Å². The molecule has 0 fully saturated rings. The molecule has 0 aliphatic carbocycles. The molecule has 0 aromatic heterocycles. The van der Waals surface area contributed by atoms with Crippen molar-refractivity contribution in [2.45, 2.75) is 45.7 Å². The molecule has 1 aliphatic rings. The highest BCUT2D eigenvalue weighted by Crippen LogP contribution is 2.29. The molecule has 1 heterocycles. The maximum atomic E-state index is 12.2. The second-order valence-electron chi connectivity index (χ2n) is 5.99. The Morgan fingerprint density at radius 3 is 2.67 bits per heavy atom. The first-order valence-electron chi connectivity index (χ1n) is 6.55. The van der Waals surface area contributed by atoms with Crippen LogP contribution < -0.4 is 10.2 Å². The minimum Gasteiger partial charge on any atom is -0.359 e. The summed E-state index contributed by atoms with van der Waals surface area (Å²) < 4.78 is 0. The number of para-hydroxylation sites is 1. The van der Waals surface area contributed by atoms with Crippen molar-refractivity contribution in [1.29, 1.82) is 0 Å².